The molecule has 1 aromatic heterocycles. The lowest BCUT2D eigenvalue weighted by molar-refractivity contribution is 0.890. The SMILES string of the molecule is CC(Nc1cc(Cl)ccc1C#N)c1csc(Cl)c1. The average Bonchev–Trinajstić information content (AvgIpc) is 2.76. The van der Waals surface area contributed by atoms with Gasteiger partial charge in [0, 0.05) is 11.1 Å². The van der Waals surface area contributed by atoms with Crippen LogP contribution in [0, 0.1) is 11.3 Å². The molecule has 0 bridgehead atoms. The van der Waals surface area contributed by atoms with Crippen molar-refractivity contribution in [1.29, 1.82) is 5.26 Å². The van der Waals surface area contributed by atoms with Gasteiger partial charge in [0.2, 0.25) is 0 Å². The summed E-state index contributed by atoms with van der Waals surface area (Å²) in [5, 5.41) is 14.9. The Morgan fingerprint density at radius 3 is 2.72 bits per heavy atom. The Morgan fingerprint density at radius 2 is 2.11 bits per heavy atom. The van der Waals surface area contributed by atoms with Crippen LogP contribution in [0.1, 0.15) is 24.1 Å². The van der Waals surface area contributed by atoms with Crippen molar-refractivity contribution in [3.05, 3.63) is 50.1 Å². The summed E-state index contributed by atoms with van der Waals surface area (Å²) in [4.78, 5) is 0. The van der Waals surface area contributed by atoms with Crippen LogP contribution in [0.15, 0.2) is 29.6 Å². The standard InChI is InChI=1S/C13H10Cl2N2S/c1-8(10-4-13(15)18-7-10)17-12-5-11(14)3-2-9(12)6-16/h2-5,7-8,17H,1H3. The molecule has 2 rings (SSSR count). The highest BCUT2D eigenvalue weighted by Gasteiger charge is 2.10. The van der Waals surface area contributed by atoms with Crippen LogP contribution in [0.25, 0.3) is 0 Å². The molecule has 5 heteroatoms. The summed E-state index contributed by atoms with van der Waals surface area (Å²) in [6, 6.07) is 9.29. The van der Waals surface area contributed by atoms with Crippen LogP contribution < -0.4 is 5.32 Å². The lowest BCUT2D eigenvalue weighted by Gasteiger charge is -2.15. The Kier molecular flexibility index (Phi) is 4.13. The number of hydrogen-bond donors (Lipinski definition) is 1. The van der Waals surface area contributed by atoms with Gasteiger partial charge in [-0.25, -0.2) is 0 Å². The van der Waals surface area contributed by atoms with Crippen molar-refractivity contribution in [3.8, 4) is 6.07 Å². The van der Waals surface area contributed by atoms with Gasteiger partial charge in [0.05, 0.1) is 15.6 Å². The third kappa shape index (κ3) is 2.97. The van der Waals surface area contributed by atoms with Crippen LogP contribution in [0.2, 0.25) is 9.36 Å². The number of halogens is 2. The maximum Gasteiger partial charge on any atom is 0.101 e. The lowest BCUT2D eigenvalue weighted by Crippen LogP contribution is -2.06. The molecule has 1 atom stereocenters. The molecule has 1 N–H and O–H groups in total. The molecule has 0 radical (unpaired) electrons. The van der Waals surface area contributed by atoms with Gasteiger partial charge in [0.25, 0.3) is 0 Å². The number of nitrogens with zero attached hydrogens (tertiary/aromatic N) is 1. The highest BCUT2D eigenvalue weighted by atomic mass is 35.5. The van der Waals surface area contributed by atoms with E-state index in [2.05, 4.69) is 11.4 Å². The van der Waals surface area contributed by atoms with Gasteiger partial charge in [-0.3, -0.25) is 0 Å². The first kappa shape index (κ1) is 13.2. The summed E-state index contributed by atoms with van der Waals surface area (Å²) in [6.45, 7) is 2.01. The zero-order chi connectivity index (χ0) is 13.1. The van der Waals surface area contributed by atoms with E-state index in [1.54, 1.807) is 18.2 Å². The molecule has 1 unspecified atom stereocenters. The number of nitrogens with one attached hydrogen (secondary N) is 1. The van der Waals surface area contributed by atoms with Crippen LogP contribution in [0.5, 0.6) is 0 Å². The van der Waals surface area contributed by atoms with E-state index in [0.29, 0.717) is 10.6 Å². The summed E-state index contributed by atoms with van der Waals surface area (Å²) < 4.78 is 0.755. The smallest absolute Gasteiger partial charge is 0.101 e. The quantitative estimate of drug-likeness (QED) is 0.855. The minimum Gasteiger partial charge on any atom is -0.377 e. The lowest BCUT2D eigenvalue weighted by atomic mass is 10.1. The second-order valence-electron chi connectivity index (χ2n) is 3.85. The van der Waals surface area contributed by atoms with E-state index in [0.717, 1.165) is 15.6 Å². The Hall–Kier alpha value is -1.21. The van der Waals surface area contributed by atoms with Crippen molar-refractivity contribution in [2.45, 2.75) is 13.0 Å². The van der Waals surface area contributed by atoms with E-state index in [9.17, 15) is 0 Å². The molecule has 2 nitrogen and oxygen atoms in total. The summed E-state index contributed by atoms with van der Waals surface area (Å²) in [5.41, 5.74) is 2.40. The topological polar surface area (TPSA) is 35.8 Å². The first-order chi connectivity index (χ1) is 8.60. The van der Waals surface area contributed by atoms with Gasteiger partial charge in [-0.1, -0.05) is 23.2 Å². The van der Waals surface area contributed by atoms with Crippen molar-refractivity contribution >= 4 is 40.2 Å². The van der Waals surface area contributed by atoms with E-state index in [1.807, 2.05) is 18.4 Å². The van der Waals surface area contributed by atoms with Gasteiger partial charge in [-0.05, 0) is 42.1 Å². The molecule has 92 valence electrons. The van der Waals surface area contributed by atoms with Crippen LogP contribution >= 0.6 is 34.5 Å². The molecule has 2 aromatic rings. The van der Waals surface area contributed by atoms with E-state index in [-0.39, 0.29) is 6.04 Å². The number of thiophene rings is 1. The van der Waals surface area contributed by atoms with Crippen LogP contribution in [0.3, 0.4) is 0 Å². The predicted molar refractivity (Wildman–Crippen MR) is 77.5 cm³/mol. The summed E-state index contributed by atoms with van der Waals surface area (Å²) >= 11 is 13.3. The molecule has 0 saturated carbocycles. The second-order valence-corrected chi connectivity index (χ2v) is 5.83. The summed E-state index contributed by atoms with van der Waals surface area (Å²) in [5.74, 6) is 0. The molecule has 0 amide bonds. The third-order valence-electron chi connectivity index (χ3n) is 2.56. The van der Waals surface area contributed by atoms with Crippen LogP contribution in [0.4, 0.5) is 5.69 Å². The molecule has 0 saturated heterocycles. The van der Waals surface area contributed by atoms with Gasteiger partial charge >= 0.3 is 0 Å². The van der Waals surface area contributed by atoms with Gasteiger partial charge in [-0.15, -0.1) is 11.3 Å². The maximum absolute atomic E-state index is 9.04. The largest absolute Gasteiger partial charge is 0.377 e. The molecule has 1 heterocycles. The molecule has 0 aliphatic heterocycles. The molecular weight excluding hydrogens is 287 g/mol. The number of anilines is 1. The Balaban J connectivity index is 2.24. The molecule has 0 fully saturated rings. The highest BCUT2D eigenvalue weighted by molar-refractivity contribution is 7.14. The average molecular weight is 297 g/mol. The molecule has 0 aliphatic carbocycles. The molecular formula is C13H10Cl2N2S. The van der Waals surface area contributed by atoms with Gasteiger partial charge in [-0.2, -0.15) is 5.26 Å². The van der Waals surface area contributed by atoms with Gasteiger partial charge < -0.3 is 5.32 Å². The monoisotopic (exact) mass is 296 g/mol. The van der Waals surface area contributed by atoms with E-state index >= 15 is 0 Å². The normalized spacial score (nSPS) is 11.9. The highest BCUT2D eigenvalue weighted by Crippen LogP contribution is 2.29. The molecule has 0 spiro atoms. The van der Waals surface area contributed by atoms with E-state index in [1.165, 1.54) is 11.3 Å². The van der Waals surface area contributed by atoms with Crippen LogP contribution in [-0.4, -0.2) is 0 Å². The van der Waals surface area contributed by atoms with E-state index < -0.39 is 0 Å². The number of rotatable bonds is 3. The summed E-state index contributed by atoms with van der Waals surface area (Å²) in [6.07, 6.45) is 0. The fourth-order valence-corrected chi connectivity index (χ4v) is 2.76. The fourth-order valence-electron chi connectivity index (χ4n) is 1.60. The van der Waals surface area contributed by atoms with Gasteiger partial charge in [0.1, 0.15) is 6.07 Å². The molecule has 1 aromatic carbocycles. The zero-order valence-electron chi connectivity index (χ0n) is 9.58. The Morgan fingerprint density at radius 1 is 1.33 bits per heavy atom. The first-order valence-electron chi connectivity index (χ1n) is 5.30. The second kappa shape index (κ2) is 5.62. The minimum atomic E-state index is 0.0688. The zero-order valence-corrected chi connectivity index (χ0v) is 11.9. The van der Waals surface area contributed by atoms with E-state index in [4.69, 9.17) is 28.5 Å². The van der Waals surface area contributed by atoms with Crippen molar-refractivity contribution < 1.29 is 0 Å². The molecule has 0 aliphatic rings. The fraction of sp³-hybridized carbons (Fsp3) is 0.154. The first-order valence-corrected chi connectivity index (χ1v) is 6.94. The predicted octanol–water partition coefficient (Wildman–Crippen LogP) is 5.10. The van der Waals surface area contributed by atoms with Crippen LogP contribution in [-0.2, 0) is 0 Å². The summed E-state index contributed by atoms with van der Waals surface area (Å²) in [7, 11) is 0. The third-order valence-corrected chi connectivity index (χ3v) is 3.91. The van der Waals surface area contributed by atoms with Gasteiger partial charge in [0.15, 0.2) is 0 Å². The number of benzene rings is 1. The Bertz CT molecular complexity index is 601. The van der Waals surface area contributed by atoms with Crippen molar-refractivity contribution in [1.82, 2.24) is 0 Å². The maximum atomic E-state index is 9.04. The number of nitriles is 1. The van der Waals surface area contributed by atoms with Crippen molar-refractivity contribution in [2.24, 2.45) is 0 Å². The minimum absolute atomic E-state index is 0.0688. The number of hydrogen-bond acceptors (Lipinski definition) is 3. The molecule has 18 heavy (non-hydrogen) atoms. The van der Waals surface area contributed by atoms with Crippen molar-refractivity contribution in [2.75, 3.05) is 5.32 Å². The van der Waals surface area contributed by atoms with Crippen molar-refractivity contribution in [3.63, 3.8) is 0 Å². The Labute approximate surface area is 120 Å².